The first kappa shape index (κ1) is 26.0. The Morgan fingerprint density at radius 2 is 1.74 bits per heavy atom. The number of halogens is 5. The number of alkyl halides is 3. The van der Waals surface area contributed by atoms with E-state index in [9.17, 15) is 22.8 Å². The summed E-state index contributed by atoms with van der Waals surface area (Å²) in [6.07, 6.45) is -3.61. The molecule has 0 atom stereocenters. The van der Waals surface area contributed by atoms with Gasteiger partial charge in [0.05, 0.1) is 16.3 Å². The molecule has 1 aliphatic heterocycles. The number of fused-ring (bicyclic) bond motifs is 1. The molecule has 1 aliphatic rings. The van der Waals surface area contributed by atoms with Crippen molar-refractivity contribution in [3.05, 3.63) is 62.6 Å². The van der Waals surface area contributed by atoms with E-state index in [1.165, 1.54) is 6.07 Å². The van der Waals surface area contributed by atoms with Crippen LogP contribution in [0.25, 0.3) is 0 Å². The zero-order valence-electron chi connectivity index (χ0n) is 18.9. The molecule has 1 heterocycles. The van der Waals surface area contributed by atoms with Crippen LogP contribution in [0.1, 0.15) is 47.8 Å². The Morgan fingerprint density at radius 3 is 2.38 bits per heavy atom. The van der Waals surface area contributed by atoms with Gasteiger partial charge in [-0.2, -0.15) is 13.2 Å². The number of nitrogens with zero attached hydrogens (tertiary/aromatic N) is 1. The lowest BCUT2D eigenvalue weighted by atomic mass is 9.95. The molecule has 0 spiro atoms. The second-order valence-electron chi connectivity index (χ2n) is 9.15. The predicted molar refractivity (Wildman–Crippen MR) is 127 cm³/mol. The van der Waals surface area contributed by atoms with Crippen LogP contribution in [0.5, 0.6) is 0 Å². The van der Waals surface area contributed by atoms with Crippen LogP contribution in [-0.4, -0.2) is 30.2 Å². The zero-order chi connectivity index (χ0) is 25.3. The fourth-order valence-electron chi connectivity index (χ4n) is 3.37. The van der Waals surface area contributed by atoms with E-state index >= 15 is 0 Å². The number of carbonyl (C=O) groups is 2. The number of hydrogen-bond acceptors (Lipinski definition) is 3. The van der Waals surface area contributed by atoms with Crippen LogP contribution in [0.15, 0.2) is 35.3 Å². The molecule has 3 rings (SSSR count). The van der Waals surface area contributed by atoms with Gasteiger partial charge in [-0.3, -0.25) is 14.6 Å². The van der Waals surface area contributed by atoms with Gasteiger partial charge in [-0.05, 0) is 34.9 Å². The summed E-state index contributed by atoms with van der Waals surface area (Å²) >= 11 is 12.5. The summed E-state index contributed by atoms with van der Waals surface area (Å²) < 4.78 is 37.2. The van der Waals surface area contributed by atoms with E-state index in [-0.39, 0.29) is 16.5 Å². The smallest absolute Gasteiger partial charge is 0.352 e. The normalized spacial score (nSPS) is 13.4. The summed E-state index contributed by atoms with van der Waals surface area (Å²) in [6, 6.07) is 8.45. The molecule has 2 N–H and O–H groups in total. The minimum Gasteiger partial charge on any atom is -0.352 e. The minimum atomic E-state index is -4.52. The van der Waals surface area contributed by atoms with Crippen LogP contribution in [-0.2, 0) is 24.2 Å². The van der Waals surface area contributed by atoms with E-state index in [1.54, 1.807) is 12.1 Å². The van der Waals surface area contributed by atoms with Crippen molar-refractivity contribution in [2.24, 2.45) is 10.4 Å². The van der Waals surface area contributed by atoms with Crippen molar-refractivity contribution in [1.29, 1.82) is 0 Å². The van der Waals surface area contributed by atoms with Crippen LogP contribution in [0.2, 0.25) is 10.0 Å². The Bertz CT molecular complexity index is 1160. The summed E-state index contributed by atoms with van der Waals surface area (Å²) in [7, 11) is 0. The minimum absolute atomic E-state index is 0.0597. The van der Waals surface area contributed by atoms with Crippen molar-refractivity contribution < 1.29 is 22.8 Å². The van der Waals surface area contributed by atoms with Gasteiger partial charge >= 0.3 is 6.18 Å². The number of hydrogen-bond donors (Lipinski definition) is 2. The van der Waals surface area contributed by atoms with Crippen molar-refractivity contribution in [2.45, 2.75) is 46.3 Å². The Balaban J connectivity index is 1.73. The highest BCUT2D eigenvalue weighted by molar-refractivity contribution is 6.34. The van der Waals surface area contributed by atoms with Crippen molar-refractivity contribution >= 4 is 46.4 Å². The second-order valence-corrected chi connectivity index (χ2v) is 9.96. The summed E-state index contributed by atoms with van der Waals surface area (Å²) in [5.74, 6) is -0.978. The first-order valence-electron chi connectivity index (χ1n) is 10.5. The standard InChI is InChI=1S/C24H24Cl2F3N3O2/c1-23(2,3)22(34)30-11-13-4-5-18(25)14(6-13)7-16-8-15-9-19(26)17(10-20(15)32-16)21(33)31-12-24(27,28)29/h4-6,9-10H,7-8,11-12H2,1-3H3,(H,30,34)(H,31,33). The van der Waals surface area contributed by atoms with E-state index in [1.807, 2.05) is 38.2 Å². The number of carbonyl (C=O) groups excluding carboxylic acids is 2. The summed E-state index contributed by atoms with van der Waals surface area (Å²) in [5.41, 5.74) is 3.19. The molecule has 0 aliphatic carbocycles. The molecule has 34 heavy (non-hydrogen) atoms. The van der Waals surface area contributed by atoms with Crippen molar-refractivity contribution in [3.63, 3.8) is 0 Å². The van der Waals surface area contributed by atoms with Gasteiger partial charge in [-0.25, -0.2) is 0 Å². The first-order valence-corrected chi connectivity index (χ1v) is 11.3. The van der Waals surface area contributed by atoms with Gasteiger partial charge in [0.1, 0.15) is 6.54 Å². The highest BCUT2D eigenvalue weighted by Crippen LogP contribution is 2.34. The Morgan fingerprint density at radius 1 is 1.03 bits per heavy atom. The molecule has 0 radical (unpaired) electrons. The highest BCUT2D eigenvalue weighted by atomic mass is 35.5. The lowest BCUT2D eigenvalue weighted by molar-refractivity contribution is -0.128. The monoisotopic (exact) mass is 513 g/mol. The third-order valence-corrected chi connectivity index (χ3v) is 5.86. The highest BCUT2D eigenvalue weighted by Gasteiger charge is 2.29. The van der Waals surface area contributed by atoms with Crippen molar-refractivity contribution in [1.82, 2.24) is 10.6 Å². The summed E-state index contributed by atoms with van der Waals surface area (Å²) in [5, 5.41) is 5.33. The molecule has 182 valence electrons. The lowest BCUT2D eigenvalue weighted by Gasteiger charge is -2.18. The summed E-state index contributed by atoms with van der Waals surface area (Å²) in [6.45, 7) is 4.42. The first-order chi connectivity index (χ1) is 15.7. The molecule has 10 heteroatoms. The van der Waals surface area contributed by atoms with E-state index in [0.29, 0.717) is 30.1 Å². The quantitative estimate of drug-likeness (QED) is 0.510. The van der Waals surface area contributed by atoms with Crippen molar-refractivity contribution in [3.8, 4) is 0 Å². The molecule has 0 saturated heterocycles. The maximum Gasteiger partial charge on any atom is 0.405 e. The Kier molecular flexibility index (Phi) is 7.62. The van der Waals surface area contributed by atoms with Gasteiger partial charge < -0.3 is 10.6 Å². The van der Waals surface area contributed by atoms with Gasteiger partial charge in [0, 0.05) is 35.5 Å². The molecule has 0 aromatic heterocycles. The van der Waals surface area contributed by atoms with Crippen LogP contribution in [0, 0.1) is 5.41 Å². The van der Waals surface area contributed by atoms with Crippen LogP contribution < -0.4 is 10.6 Å². The van der Waals surface area contributed by atoms with E-state index < -0.39 is 24.0 Å². The SMILES string of the molecule is CC(C)(C)C(=O)NCc1ccc(Cl)c(CC2=Nc3cc(C(=O)NCC(F)(F)F)c(Cl)cc3C2)c1. The van der Waals surface area contributed by atoms with Crippen LogP contribution in [0.4, 0.5) is 18.9 Å². The van der Waals surface area contributed by atoms with E-state index in [2.05, 4.69) is 10.3 Å². The average Bonchev–Trinajstić information content (AvgIpc) is 3.11. The molecule has 0 fully saturated rings. The molecule has 5 nitrogen and oxygen atoms in total. The zero-order valence-corrected chi connectivity index (χ0v) is 20.4. The van der Waals surface area contributed by atoms with Gasteiger partial charge in [-0.15, -0.1) is 0 Å². The van der Waals surface area contributed by atoms with Crippen LogP contribution >= 0.6 is 23.2 Å². The number of nitrogens with one attached hydrogen (secondary N) is 2. The van der Waals surface area contributed by atoms with Gasteiger partial charge in [0.25, 0.3) is 5.91 Å². The molecule has 0 bridgehead atoms. The maximum absolute atomic E-state index is 12.4. The van der Waals surface area contributed by atoms with Crippen molar-refractivity contribution in [2.75, 3.05) is 6.54 Å². The second kappa shape index (κ2) is 9.96. The average molecular weight is 514 g/mol. The van der Waals surface area contributed by atoms with Gasteiger partial charge in [0.2, 0.25) is 5.91 Å². The fourth-order valence-corrected chi connectivity index (χ4v) is 3.83. The number of amides is 2. The largest absolute Gasteiger partial charge is 0.405 e. The molecule has 2 aromatic carbocycles. The molecule has 2 amide bonds. The number of aliphatic imine (C=N–C) groups is 1. The third kappa shape index (κ3) is 6.73. The number of benzene rings is 2. The molecule has 0 unspecified atom stereocenters. The molecular weight excluding hydrogens is 490 g/mol. The predicted octanol–water partition coefficient (Wildman–Crippen LogP) is 5.82. The fraction of sp³-hybridized carbons (Fsp3) is 0.375. The number of rotatable bonds is 6. The lowest BCUT2D eigenvalue weighted by Crippen LogP contribution is -2.34. The molecule has 0 saturated carbocycles. The third-order valence-electron chi connectivity index (χ3n) is 5.17. The molecule has 2 aromatic rings. The van der Waals surface area contributed by atoms with Gasteiger partial charge in [0.15, 0.2) is 0 Å². The Hall–Kier alpha value is -2.58. The molecular formula is C24H24Cl2F3N3O2. The van der Waals surface area contributed by atoms with E-state index in [4.69, 9.17) is 23.2 Å². The van der Waals surface area contributed by atoms with Gasteiger partial charge in [-0.1, -0.05) is 56.1 Å². The topological polar surface area (TPSA) is 70.6 Å². The Labute approximate surface area is 205 Å². The van der Waals surface area contributed by atoms with E-state index in [0.717, 1.165) is 22.4 Å². The van der Waals surface area contributed by atoms with Crippen LogP contribution in [0.3, 0.4) is 0 Å². The maximum atomic E-state index is 12.4. The summed E-state index contributed by atoms with van der Waals surface area (Å²) in [4.78, 5) is 28.8.